The lowest BCUT2D eigenvalue weighted by atomic mass is 9.81. The number of nitrogens with zero attached hydrogens (tertiary/aromatic N) is 2. The number of nitrogens with one attached hydrogen (secondary N) is 1. The van der Waals surface area contributed by atoms with Crippen LogP contribution >= 0.6 is 0 Å². The van der Waals surface area contributed by atoms with Gasteiger partial charge in [0.25, 0.3) is 0 Å². The minimum absolute atomic E-state index is 0.138. The number of H-pyrrole nitrogens is 1. The molecule has 0 radical (unpaired) electrons. The third kappa shape index (κ3) is 3.61. The first-order chi connectivity index (χ1) is 15.6. The summed E-state index contributed by atoms with van der Waals surface area (Å²) in [5.74, 6) is 1.44. The van der Waals surface area contributed by atoms with Crippen LogP contribution in [0.25, 0.3) is 5.69 Å². The molecule has 0 saturated carbocycles. The minimum Gasteiger partial charge on any atom is -0.493 e. The summed E-state index contributed by atoms with van der Waals surface area (Å²) in [4.78, 5) is 19.9. The van der Waals surface area contributed by atoms with E-state index in [0.717, 1.165) is 46.7 Å². The predicted molar refractivity (Wildman–Crippen MR) is 127 cm³/mol. The van der Waals surface area contributed by atoms with Gasteiger partial charge in [-0.3, -0.25) is 4.99 Å². The monoisotopic (exact) mass is 447 g/mol. The van der Waals surface area contributed by atoms with Crippen LogP contribution < -0.4 is 15.2 Å². The summed E-state index contributed by atoms with van der Waals surface area (Å²) in [5, 5.41) is 10.2. The van der Waals surface area contributed by atoms with Gasteiger partial charge in [0, 0.05) is 23.1 Å². The number of rotatable bonds is 4. The van der Waals surface area contributed by atoms with Gasteiger partial charge in [-0.1, -0.05) is 12.1 Å². The van der Waals surface area contributed by atoms with E-state index in [-0.39, 0.29) is 17.0 Å². The molecule has 33 heavy (non-hydrogen) atoms. The summed E-state index contributed by atoms with van der Waals surface area (Å²) in [6.07, 6.45) is 2.83. The van der Waals surface area contributed by atoms with Crippen LogP contribution in [0.4, 0.5) is 0 Å². The Hall–Kier alpha value is -3.48. The number of aliphatic imine (C=N–C) groups is 1. The summed E-state index contributed by atoms with van der Waals surface area (Å²) < 4.78 is 13.6. The van der Waals surface area contributed by atoms with Gasteiger partial charge in [-0.15, -0.1) is 0 Å². The molecule has 0 saturated heterocycles. The molecule has 7 heteroatoms. The number of aromatic hydroxyl groups is 1. The average Bonchev–Trinajstić information content (AvgIpc) is 3.24. The van der Waals surface area contributed by atoms with Gasteiger partial charge in [0.2, 0.25) is 5.88 Å². The van der Waals surface area contributed by atoms with E-state index in [0.29, 0.717) is 12.3 Å². The summed E-state index contributed by atoms with van der Waals surface area (Å²) in [5.41, 5.74) is 4.66. The molecule has 5 rings (SSSR count). The van der Waals surface area contributed by atoms with Crippen molar-refractivity contribution in [3.63, 3.8) is 0 Å². The Bertz CT molecular complexity index is 1340. The average molecular weight is 448 g/mol. The van der Waals surface area contributed by atoms with Gasteiger partial charge < -0.3 is 19.6 Å². The lowest BCUT2D eigenvalue weighted by Crippen LogP contribution is -2.30. The quantitative estimate of drug-likeness (QED) is 0.629. The number of aromatic nitrogens is 2. The molecule has 3 heterocycles. The van der Waals surface area contributed by atoms with Crippen molar-refractivity contribution in [2.45, 2.75) is 58.6 Å². The van der Waals surface area contributed by atoms with Gasteiger partial charge in [-0.05, 0) is 64.8 Å². The third-order valence-corrected chi connectivity index (χ3v) is 6.12. The molecular formula is C26H29N3O4. The van der Waals surface area contributed by atoms with Crippen LogP contribution in [0.3, 0.4) is 0 Å². The highest BCUT2D eigenvalue weighted by atomic mass is 16.5. The molecule has 0 fully saturated rings. The van der Waals surface area contributed by atoms with E-state index in [4.69, 9.17) is 14.5 Å². The van der Waals surface area contributed by atoms with E-state index in [1.807, 2.05) is 25.1 Å². The number of aromatic amines is 1. The molecule has 172 valence electrons. The van der Waals surface area contributed by atoms with Gasteiger partial charge in [0.1, 0.15) is 5.60 Å². The Morgan fingerprint density at radius 1 is 1.21 bits per heavy atom. The molecule has 2 N–H and O–H groups in total. The lowest BCUT2D eigenvalue weighted by molar-refractivity contribution is 0.132. The molecule has 2 aliphatic heterocycles. The van der Waals surface area contributed by atoms with Crippen LogP contribution in [0.2, 0.25) is 0 Å². The zero-order valence-corrected chi connectivity index (χ0v) is 19.7. The van der Waals surface area contributed by atoms with Crippen molar-refractivity contribution in [1.29, 1.82) is 0 Å². The first-order valence-corrected chi connectivity index (χ1v) is 11.3. The van der Waals surface area contributed by atoms with E-state index >= 15 is 0 Å². The van der Waals surface area contributed by atoms with Crippen LogP contribution in [0.1, 0.15) is 56.9 Å². The van der Waals surface area contributed by atoms with E-state index in [9.17, 15) is 9.90 Å². The Balaban J connectivity index is 1.73. The zero-order chi connectivity index (χ0) is 23.5. The fourth-order valence-electron chi connectivity index (χ4n) is 4.94. The fraction of sp³-hybridized carbons (Fsp3) is 0.385. The van der Waals surface area contributed by atoms with Gasteiger partial charge in [-0.25, -0.2) is 9.36 Å². The molecule has 2 aliphatic rings. The number of hydrogen-bond acceptors (Lipinski definition) is 5. The van der Waals surface area contributed by atoms with Crippen LogP contribution in [-0.2, 0) is 12.8 Å². The van der Waals surface area contributed by atoms with Gasteiger partial charge in [0.15, 0.2) is 11.5 Å². The SMILES string of the molecule is CCOc1cc2c(c3c1OC(C)(C)C3)C(c1cccc(-n3c(O)c[nH]c3=O)c1)=NC(C)(C)C2. The van der Waals surface area contributed by atoms with Crippen LogP contribution in [0, 0.1) is 0 Å². The molecule has 0 atom stereocenters. The van der Waals surface area contributed by atoms with E-state index in [1.54, 1.807) is 6.07 Å². The van der Waals surface area contributed by atoms with E-state index < -0.39 is 5.69 Å². The summed E-state index contributed by atoms with van der Waals surface area (Å²) in [6.45, 7) is 11.0. The molecular weight excluding hydrogens is 418 g/mol. The highest BCUT2D eigenvalue weighted by molar-refractivity contribution is 6.16. The lowest BCUT2D eigenvalue weighted by Gasteiger charge is -2.31. The maximum Gasteiger partial charge on any atom is 0.333 e. The topological polar surface area (TPSA) is 88.8 Å². The highest BCUT2D eigenvalue weighted by Gasteiger charge is 2.39. The molecule has 0 spiro atoms. The standard InChI is InChI=1S/C26H29N3O4/c1-6-32-19-11-16-12-25(2,3)28-22(21(16)18-13-26(4,5)33-23(18)19)15-8-7-9-17(10-15)29-20(30)14-27-24(29)31/h7-11,14,30H,6,12-13H2,1-5H3,(H,27,31). The van der Waals surface area contributed by atoms with Crippen LogP contribution in [-0.4, -0.2) is 38.1 Å². The highest BCUT2D eigenvalue weighted by Crippen LogP contribution is 2.48. The second kappa shape index (κ2) is 7.27. The zero-order valence-electron chi connectivity index (χ0n) is 19.7. The molecule has 1 aromatic heterocycles. The maximum absolute atomic E-state index is 12.2. The van der Waals surface area contributed by atoms with Crippen molar-refractivity contribution in [2.24, 2.45) is 4.99 Å². The van der Waals surface area contributed by atoms with Gasteiger partial charge in [0.05, 0.1) is 29.7 Å². The van der Waals surface area contributed by atoms with Gasteiger partial charge in [-0.2, -0.15) is 0 Å². The van der Waals surface area contributed by atoms with E-state index in [1.165, 1.54) is 16.3 Å². The number of benzene rings is 2. The molecule has 0 bridgehead atoms. The van der Waals surface area contributed by atoms with Crippen molar-refractivity contribution < 1.29 is 14.6 Å². The number of fused-ring (bicyclic) bond motifs is 3. The summed E-state index contributed by atoms with van der Waals surface area (Å²) in [6, 6.07) is 9.65. The summed E-state index contributed by atoms with van der Waals surface area (Å²) >= 11 is 0. The van der Waals surface area contributed by atoms with Crippen molar-refractivity contribution in [3.8, 4) is 23.1 Å². The fourth-order valence-corrected chi connectivity index (χ4v) is 4.94. The smallest absolute Gasteiger partial charge is 0.333 e. The Morgan fingerprint density at radius 2 is 2.00 bits per heavy atom. The molecule has 0 aliphatic carbocycles. The number of ether oxygens (including phenoxy) is 2. The second-order valence-corrected chi connectivity index (χ2v) is 9.98. The third-order valence-electron chi connectivity index (χ3n) is 6.12. The van der Waals surface area contributed by atoms with Crippen LogP contribution in [0.5, 0.6) is 17.4 Å². The first-order valence-electron chi connectivity index (χ1n) is 11.3. The molecule has 0 amide bonds. The normalized spacial score (nSPS) is 17.7. The molecule has 2 aromatic carbocycles. The second-order valence-electron chi connectivity index (χ2n) is 9.98. The Morgan fingerprint density at radius 3 is 2.70 bits per heavy atom. The molecule has 0 unspecified atom stereocenters. The minimum atomic E-state index is -0.395. The Kier molecular flexibility index (Phi) is 4.71. The summed E-state index contributed by atoms with van der Waals surface area (Å²) in [7, 11) is 0. The van der Waals surface area contributed by atoms with Crippen molar-refractivity contribution in [3.05, 3.63) is 69.3 Å². The van der Waals surface area contributed by atoms with Gasteiger partial charge >= 0.3 is 5.69 Å². The van der Waals surface area contributed by atoms with Crippen molar-refractivity contribution in [2.75, 3.05) is 6.61 Å². The predicted octanol–water partition coefficient (Wildman–Crippen LogP) is 4.16. The Labute approximate surface area is 192 Å². The number of hydrogen-bond donors (Lipinski definition) is 2. The maximum atomic E-state index is 12.2. The first kappa shape index (κ1) is 21.4. The number of imidazole rings is 1. The molecule has 7 nitrogen and oxygen atoms in total. The largest absolute Gasteiger partial charge is 0.493 e. The van der Waals surface area contributed by atoms with Crippen molar-refractivity contribution in [1.82, 2.24) is 9.55 Å². The van der Waals surface area contributed by atoms with Crippen molar-refractivity contribution >= 4 is 5.71 Å². The van der Waals surface area contributed by atoms with Crippen LogP contribution in [0.15, 0.2) is 46.3 Å². The molecule has 3 aromatic rings. The van der Waals surface area contributed by atoms with E-state index in [2.05, 4.69) is 38.7 Å².